The topological polar surface area (TPSA) is 21.3 Å². The third kappa shape index (κ3) is 3.08. The van der Waals surface area contributed by atoms with E-state index in [0.29, 0.717) is 0 Å². The van der Waals surface area contributed by atoms with Crippen LogP contribution in [0, 0.1) is 11.8 Å². The first-order valence-electron chi connectivity index (χ1n) is 7.89. The highest BCUT2D eigenvalue weighted by Gasteiger charge is 2.43. The second-order valence-corrected chi connectivity index (χ2v) is 7.13. The van der Waals surface area contributed by atoms with Gasteiger partial charge in [0.05, 0.1) is 11.2 Å². The number of rotatable bonds is 2. The summed E-state index contributed by atoms with van der Waals surface area (Å²) in [6, 6.07) is 0. The van der Waals surface area contributed by atoms with E-state index in [-0.39, 0.29) is 11.2 Å². The third-order valence-electron chi connectivity index (χ3n) is 5.28. The quantitative estimate of drug-likeness (QED) is 0.809. The smallest absolute Gasteiger partial charge is 0.0814 e. The lowest BCUT2D eigenvalue weighted by Gasteiger charge is -2.47. The van der Waals surface area contributed by atoms with E-state index < -0.39 is 0 Å². The minimum atomic E-state index is 0.0515. The van der Waals surface area contributed by atoms with E-state index in [1.54, 1.807) is 0 Å². The molecule has 2 nitrogen and oxygen atoms in total. The lowest BCUT2D eigenvalue weighted by atomic mass is 9.86. The molecule has 1 spiro atoms. The van der Waals surface area contributed by atoms with Crippen molar-refractivity contribution in [3.63, 3.8) is 0 Å². The van der Waals surface area contributed by atoms with Gasteiger partial charge in [0.25, 0.3) is 0 Å². The van der Waals surface area contributed by atoms with Gasteiger partial charge >= 0.3 is 0 Å². The highest BCUT2D eigenvalue weighted by atomic mass is 16.5. The molecule has 0 aromatic carbocycles. The summed E-state index contributed by atoms with van der Waals surface area (Å²) in [5.41, 5.74) is 0.183. The minimum absolute atomic E-state index is 0.0515. The van der Waals surface area contributed by atoms with Crippen LogP contribution < -0.4 is 5.32 Å². The van der Waals surface area contributed by atoms with Crippen molar-refractivity contribution in [2.45, 2.75) is 77.4 Å². The van der Waals surface area contributed by atoms with Crippen LogP contribution in [0.15, 0.2) is 0 Å². The molecule has 106 valence electrons. The molecule has 1 heterocycles. The molecule has 1 aliphatic heterocycles. The molecule has 2 rings (SSSR count). The zero-order valence-electron chi connectivity index (χ0n) is 12.7. The molecule has 3 atom stereocenters. The Morgan fingerprint density at radius 2 is 2.00 bits per heavy atom. The van der Waals surface area contributed by atoms with E-state index in [1.807, 2.05) is 0 Å². The molecular formula is C16H31NO. The summed E-state index contributed by atoms with van der Waals surface area (Å²) in [6.07, 6.45) is 7.68. The summed E-state index contributed by atoms with van der Waals surface area (Å²) in [6.45, 7) is 11.3. The van der Waals surface area contributed by atoms with Crippen molar-refractivity contribution < 1.29 is 4.74 Å². The summed E-state index contributed by atoms with van der Waals surface area (Å²) in [4.78, 5) is 0. The van der Waals surface area contributed by atoms with E-state index in [9.17, 15) is 0 Å². The average Bonchev–Trinajstić information content (AvgIpc) is 2.52. The molecule has 0 aromatic rings. The molecule has 2 fully saturated rings. The zero-order valence-corrected chi connectivity index (χ0v) is 12.7. The van der Waals surface area contributed by atoms with Gasteiger partial charge in [-0.05, 0) is 44.4 Å². The molecular weight excluding hydrogens is 222 g/mol. The van der Waals surface area contributed by atoms with Gasteiger partial charge in [0.15, 0.2) is 0 Å². The summed E-state index contributed by atoms with van der Waals surface area (Å²) >= 11 is 0. The number of ether oxygens (including phenoxy) is 1. The van der Waals surface area contributed by atoms with Crippen molar-refractivity contribution in [3.8, 4) is 0 Å². The van der Waals surface area contributed by atoms with E-state index in [2.05, 4.69) is 33.0 Å². The molecule has 3 unspecified atom stereocenters. The second-order valence-electron chi connectivity index (χ2n) is 7.13. The Labute approximate surface area is 113 Å². The molecule has 18 heavy (non-hydrogen) atoms. The lowest BCUT2D eigenvalue weighted by Crippen LogP contribution is -2.58. The molecule has 1 aliphatic carbocycles. The van der Waals surface area contributed by atoms with Crippen LogP contribution in [0.25, 0.3) is 0 Å². The van der Waals surface area contributed by atoms with Crippen LogP contribution >= 0.6 is 0 Å². The van der Waals surface area contributed by atoms with Crippen LogP contribution in [-0.2, 0) is 4.74 Å². The Bertz CT molecular complexity index is 278. The van der Waals surface area contributed by atoms with Gasteiger partial charge in [-0.1, -0.05) is 33.6 Å². The third-order valence-corrected chi connectivity index (χ3v) is 5.28. The summed E-state index contributed by atoms with van der Waals surface area (Å²) in [5, 5.41) is 3.63. The van der Waals surface area contributed by atoms with Crippen LogP contribution in [0.2, 0.25) is 0 Å². The van der Waals surface area contributed by atoms with Crippen LogP contribution in [-0.4, -0.2) is 24.3 Å². The number of nitrogens with one attached hydrogen (secondary N) is 1. The number of hydrogen-bond donors (Lipinski definition) is 1. The van der Waals surface area contributed by atoms with Gasteiger partial charge in [-0.2, -0.15) is 0 Å². The van der Waals surface area contributed by atoms with E-state index in [0.717, 1.165) is 31.3 Å². The molecule has 1 saturated carbocycles. The molecule has 1 saturated heterocycles. The summed E-state index contributed by atoms with van der Waals surface area (Å²) < 4.78 is 6.60. The van der Waals surface area contributed by atoms with Crippen LogP contribution in [0.1, 0.15) is 66.2 Å². The minimum Gasteiger partial charge on any atom is -0.366 e. The summed E-state index contributed by atoms with van der Waals surface area (Å²) in [5.74, 6) is 1.73. The summed E-state index contributed by atoms with van der Waals surface area (Å²) in [7, 11) is 0. The fraction of sp³-hybridized carbons (Fsp3) is 1.00. The van der Waals surface area contributed by atoms with Gasteiger partial charge in [-0.25, -0.2) is 0 Å². The zero-order chi connectivity index (χ0) is 13.2. The standard InChI is InChI=1S/C16H31NO/c1-5-15(4)11-17-12-16(18-15)9-6-7-14(8-10-16)13(2)3/h13-14,17H,5-12H2,1-4H3. The molecule has 2 aliphatic rings. The first-order chi connectivity index (χ1) is 8.49. The van der Waals surface area contributed by atoms with Crippen molar-refractivity contribution in [2.75, 3.05) is 13.1 Å². The van der Waals surface area contributed by atoms with Crippen molar-refractivity contribution >= 4 is 0 Å². The van der Waals surface area contributed by atoms with Crippen molar-refractivity contribution in [1.29, 1.82) is 0 Å². The Balaban J connectivity index is 2.03. The Kier molecular flexibility index (Phi) is 4.38. The molecule has 0 bridgehead atoms. The van der Waals surface area contributed by atoms with Crippen molar-refractivity contribution in [2.24, 2.45) is 11.8 Å². The number of hydrogen-bond acceptors (Lipinski definition) is 2. The van der Waals surface area contributed by atoms with Crippen molar-refractivity contribution in [1.82, 2.24) is 5.32 Å². The first-order valence-corrected chi connectivity index (χ1v) is 7.89. The fourth-order valence-corrected chi connectivity index (χ4v) is 3.70. The van der Waals surface area contributed by atoms with Gasteiger partial charge in [-0.3, -0.25) is 0 Å². The average molecular weight is 253 g/mol. The maximum Gasteiger partial charge on any atom is 0.0814 e. The largest absolute Gasteiger partial charge is 0.366 e. The van der Waals surface area contributed by atoms with Crippen LogP contribution in [0.4, 0.5) is 0 Å². The molecule has 1 N–H and O–H groups in total. The fourth-order valence-electron chi connectivity index (χ4n) is 3.70. The highest BCUT2D eigenvalue weighted by Crippen LogP contribution is 2.40. The maximum atomic E-state index is 6.60. The number of morpholine rings is 1. The van der Waals surface area contributed by atoms with Crippen molar-refractivity contribution in [3.05, 3.63) is 0 Å². The van der Waals surface area contributed by atoms with Crippen LogP contribution in [0.5, 0.6) is 0 Å². The van der Waals surface area contributed by atoms with Gasteiger partial charge in [0.1, 0.15) is 0 Å². The second kappa shape index (κ2) is 5.50. The molecule has 0 amide bonds. The predicted octanol–water partition coefficient (Wildman–Crippen LogP) is 3.75. The maximum absolute atomic E-state index is 6.60. The van der Waals surface area contributed by atoms with E-state index in [1.165, 1.54) is 32.1 Å². The van der Waals surface area contributed by atoms with E-state index in [4.69, 9.17) is 4.74 Å². The SMILES string of the molecule is CCC1(C)CNCC2(CCCC(C(C)C)CC2)O1. The first kappa shape index (κ1) is 14.3. The normalized spacial score (nSPS) is 42.2. The van der Waals surface area contributed by atoms with Crippen LogP contribution in [0.3, 0.4) is 0 Å². The highest BCUT2D eigenvalue weighted by molar-refractivity contribution is 4.96. The van der Waals surface area contributed by atoms with Gasteiger partial charge < -0.3 is 10.1 Å². The Morgan fingerprint density at radius 3 is 2.67 bits per heavy atom. The lowest BCUT2D eigenvalue weighted by molar-refractivity contribution is -0.177. The van der Waals surface area contributed by atoms with Gasteiger partial charge in [0, 0.05) is 13.1 Å². The van der Waals surface area contributed by atoms with Gasteiger partial charge in [-0.15, -0.1) is 0 Å². The van der Waals surface area contributed by atoms with E-state index >= 15 is 0 Å². The molecule has 2 heteroatoms. The molecule has 0 radical (unpaired) electrons. The Morgan fingerprint density at radius 1 is 1.22 bits per heavy atom. The van der Waals surface area contributed by atoms with Gasteiger partial charge in [0.2, 0.25) is 0 Å². The monoisotopic (exact) mass is 253 g/mol. The Hall–Kier alpha value is -0.0800. The predicted molar refractivity (Wildman–Crippen MR) is 76.8 cm³/mol. The molecule has 0 aromatic heterocycles.